The number of nitrogens with one attached hydrogen (secondary N) is 1. The second-order valence-corrected chi connectivity index (χ2v) is 7.33. The molecule has 1 aromatic heterocycles. The van der Waals surface area contributed by atoms with Crippen LogP contribution in [0.15, 0.2) is 47.8 Å². The Morgan fingerprint density at radius 2 is 1.96 bits per heavy atom. The van der Waals surface area contributed by atoms with Gasteiger partial charge in [-0.2, -0.15) is 0 Å². The summed E-state index contributed by atoms with van der Waals surface area (Å²) in [6.07, 6.45) is 0. The SMILES string of the molecule is Cc1cccc(C(=O)Nc2nc(-c3ccc(I)cc3)cs2)c1[N+](=O)[O-]. The van der Waals surface area contributed by atoms with Gasteiger partial charge < -0.3 is 0 Å². The van der Waals surface area contributed by atoms with Gasteiger partial charge in [-0.25, -0.2) is 4.98 Å². The van der Waals surface area contributed by atoms with E-state index in [2.05, 4.69) is 32.9 Å². The fourth-order valence-corrected chi connectivity index (χ4v) is 3.41. The summed E-state index contributed by atoms with van der Waals surface area (Å²) >= 11 is 3.50. The van der Waals surface area contributed by atoms with Crippen LogP contribution in [-0.4, -0.2) is 15.8 Å². The van der Waals surface area contributed by atoms with Gasteiger partial charge >= 0.3 is 0 Å². The van der Waals surface area contributed by atoms with E-state index in [0.29, 0.717) is 10.7 Å². The molecule has 8 heteroatoms. The van der Waals surface area contributed by atoms with E-state index >= 15 is 0 Å². The first kappa shape index (κ1) is 17.5. The first-order valence-corrected chi connectivity index (χ1v) is 9.18. The van der Waals surface area contributed by atoms with Gasteiger partial charge in [0.15, 0.2) is 5.13 Å². The number of nitrogens with zero attached hydrogens (tertiary/aromatic N) is 2. The highest BCUT2D eigenvalue weighted by atomic mass is 127. The minimum absolute atomic E-state index is 0.0241. The van der Waals surface area contributed by atoms with E-state index in [4.69, 9.17) is 0 Å². The van der Waals surface area contributed by atoms with E-state index in [0.717, 1.165) is 14.8 Å². The fraction of sp³-hybridized carbons (Fsp3) is 0.0588. The number of anilines is 1. The van der Waals surface area contributed by atoms with Gasteiger partial charge in [-0.3, -0.25) is 20.2 Å². The lowest BCUT2D eigenvalue weighted by Gasteiger charge is -2.05. The number of aromatic nitrogens is 1. The first-order chi connectivity index (χ1) is 12.0. The summed E-state index contributed by atoms with van der Waals surface area (Å²) in [5.41, 5.74) is 1.97. The van der Waals surface area contributed by atoms with Gasteiger partial charge in [-0.05, 0) is 47.7 Å². The predicted molar refractivity (Wildman–Crippen MR) is 106 cm³/mol. The summed E-state index contributed by atoms with van der Waals surface area (Å²) in [6.45, 7) is 1.60. The minimum Gasteiger partial charge on any atom is -0.298 e. The second-order valence-electron chi connectivity index (χ2n) is 5.23. The number of halogens is 1. The molecule has 25 heavy (non-hydrogen) atoms. The number of para-hydroxylation sites is 1. The molecular weight excluding hydrogens is 453 g/mol. The van der Waals surface area contributed by atoms with Gasteiger partial charge in [0.25, 0.3) is 11.6 Å². The number of nitro groups is 1. The number of carbonyl (C=O) groups excluding carboxylic acids is 1. The summed E-state index contributed by atoms with van der Waals surface area (Å²) in [5.74, 6) is -0.543. The molecule has 126 valence electrons. The summed E-state index contributed by atoms with van der Waals surface area (Å²) in [5, 5.41) is 16.1. The maximum atomic E-state index is 12.4. The molecule has 0 fully saturated rings. The number of benzene rings is 2. The number of rotatable bonds is 4. The van der Waals surface area contributed by atoms with Gasteiger partial charge in [0.2, 0.25) is 0 Å². The lowest BCUT2D eigenvalue weighted by Crippen LogP contribution is -2.14. The van der Waals surface area contributed by atoms with Crippen LogP contribution in [-0.2, 0) is 0 Å². The van der Waals surface area contributed by atoms with Gasteiger partial charge in [0.05, 0.1) is 10.6 Å². The Kier molecular flexibility index (Phi) is 5.09. The Morgan fingerprint density at radius 1 is 1.24 bits per heavy atom. The molecule has 3 aromatic rings. The van der Waals surface area contributed by atoms with Crippen molar-refractivity contribution in [2.75, 3.05) is 5.32 Å². The molecule has 0 radical (unpaired) electrons. The van der Waals surface area contributed by atoms with E-state index in [1.807, 2.05) is 29.6 Å². The second kappa shape index (κ2) is 7.28. The van der Waals surface area contributed by atoms with Crippen LogP contribution in [0, 0.1) is 20.6 Å². The molecular formula is C17H12IN3O3S. The number of nitro benzene ring substituents is 1. The number of carbonyl (C=O) groups is 1. The highest BCUT2D eigenvalue weighted by Gasteiger charge is 2.23. The van der Waals surface area contributed by atoms with Crippen molar-refractivity contribution in [3.8, 4) is 11.3 Å². The summed E-state index contributed by atoms with van der Waals surface area (Å²) in [7, 11) is 0. The van der Waals surface area contributed by atoms with Crippen molar-refractivity contribution in [2.24, 2.45) is 0 Å². The molecule has 1 N–H and O–H groups in total. The molecule has 0 unspecified atom stereocenters. The van der Waals surface area contributed by atoms with Crippen LogP contribution in [0.25, 0.3) is 11.3 Å². The molecule has 0 saturated carbocycles. The third-order valence-corrected chi connectivity index (χ3v) is 5.01. The van der Waals surface area contributed by atoms with Crippen molar-refractivity contribution in [1.82, 2.24) is 4.98 Å². The topological polar surface area (TPSA) is 85.1 Å². The number of hydrogen-bond acceptors (Lipinski definition) is 5. The molecule has 0 aliphatic rings. The van der Waals surface area contributed by atoms with Crippen molar-refractivity contribution in [3.63, 3.8) is 0 Å². The molecule has 1 heterocycles. The van der Waals surface area contributed by atoms with Gasteiger partial charge in [-0.1, -0.05) is 24.3 Å². The molecule has 0 spiro atoms. The first-order valence-electron chi connectivity index (χ1n) is 7.22. The molecule has 0 atom stereocenters. The predicted octanol–water partition coefficient (Wildman–Crippen LogP) is 4.88. The molecule has 0 aliphatic carbocycles. The van der Waals surface area contributed by atoms with Crippen LogP contribution >= 0.6 is 33.9 Å². The van der Waals surface area contributed by atoms with Crippen molar-refractivity contribution in [3.05, 3.63) is 72.7 Å². The normalized spacial score (nSPS) is 10.5. The standard InChI is InChI=1S/C17H12IN3O3S/c1-10-3-2-4-13(15(10)21(23)24)16(22)20-17-19-14(9-25-17)11-5-7-12(18)8-6-11/h2-9H,1H3,(H,19,20,22). The smallest absolute Gasteiger partial charge is 0.285 e. The Bertz CT molecular complexity index is 954. The van der Waals surface area contributed by atoms with Crippen LogP contribution in [0.1, 0.15) is 15.9 Å². The maximum absolute atomic E-state index is 12.4. The van der Waals surface area contributed by atoms with Gasteiger partial charge in [0.1, 0.15) is 5.56 Å². The lowest BCUT2D eigenvalue weighted by atomic mass is 10.1. The highest BCUT2D eigenvalue weighted by molar-refractivity contribution is 14.1. The third-order valence-electron chi connectivity index (χ3n) is 3.53. The van der Waals surface area contributed by atoms with Gasteiger partial charge in [-0.15, -0.1) is 11.3 Å². The molecule has 0 saturated heterocycles. The molecule has 3 rings (SSSR count). The van der Waals surface area contributed by atoms with Crippen molar-refractivity contribution in [2.45, 2.75) is 6.92 Å². The monoisotopic (exact) mass is 465 g/mol. The van der Waals surface area contributed by atoms with Crippen molar-refractivity contribution < 1.29 is 9.72 Å². The summed E-state index contributed by atoms with van der Waals surface area (Å²) < 4.78 is 1.12. The maximum Gasteiger partial charge on any atom is 0.285 e. The molecule has 1 amide bonds. The Hall–Kier alpha value is -2.33. The lowest BCUT2D eigenvalue weighted by molar-refractivity contribution is -0.385. The van der Waals surface area contributed by atoms with E-state index < -0.39 is 10.8 Å². The quantitative estimate of drug-likeness (QED) is 0.338. The Labute approximate surface area is 161 Å². The zero-order chi connectivity index (χ0) is 18.0. The van der Waals surface area contributed by atoms with Crippen LogP contribution in [0.3, 0.4) is 0 Å². The average molecular weight is 465 g/mol. The molecule has 6 nitrogen and oxygen atoms in total. The molecule has 2 aromatic carbocycles. The number of thiazole rings is 1. The third kappa shape index (κ3) is 3.85. The fourth-order valence-electron chi connectivity index (χ4n) is 2.33. The number of aryl methyl sites for hydroxylation is 1. The largest absolute Gasteiger partial charge is 0.298 e. The zero-order valence-electron chi connectivity index (χ0n) is 13.0. The Balaban J connectivity index is 1.84. The number of hydrogen-bond donors (Lipinski definition) is 1. The summed E-state index contributed by atoms with van der Waals surface area (Å²) in [6, 6.07) is 12.5. The minimum atomic E-state index is -0.543. The van der Waals surface area contributed by atoms with E-state index in [9.17, 15) is 14.9 Å². The Morgan fingerprint density at radius 3 is 2.64 bits per heavy atom. The van der Waals surface area contributed by atoms with E-state index in [1.165, 1.54) is 17.4 Å². The zero-order valence-corrected chi connectivity index (χ0v) is 16.0. The van der Waals surface area contributed by atoms with E-state index in [1.54, 1.807) is 19.1 Å². The van der Waals surface area contributed by atoms with Gasteiger partial charge in [0, 0.05) is 20.1 Å². The van der Waals surface area contributed by atoms with Crippen molar-refractivity contribution in [1.29, 1.82) is 0 Å². The van der Waals surface area contributed by atoms with E-state index in [-0.39, 0.29) is 11.3 Å². The van der Waals surface area contributed by atoms with Crippen LogP contribution in [0.5, 0.6) is 0 Å². The summed E-state index contributed by atoms with van der Waals surface area (Å²) in [4.78, 5) is 27.5. The van der Waals surface area contributed by atoms with Crippen LogP contribution in [0.2, 0.25) is 0 Å². The van der Waals surface area contributed by atoms with Crippen LogP contribution in [0.4, 0.5) is 10.8 Å². The molecule has 0 aliphatic heterocycles. The average Bonchev–Trinajstić information content (AvgIpc) is 3.03. The highest BCUT2D eigenvalue weighted by Crippen LogP contribution is 2.28. The van der Waals surface area contributed by atoms with Crippen LogP contribution < -0.4 is 5.32 Å². The van der Waals surface area contributed by atoms with Crippen molar-refractivity contribution >= 4 is 50.7 Å². The molecule has 0 bridgehead atoms. The number of amides is 1.